The van der Waals surface area contributed by atoms with Crippen molar-refractivity contribution in [3.05, 3.63) is 35.4 Å². The third kappa shape index (κ3) is 6.57. The van der Waals surface area contributed by atoms with Crippen LogP contribution < -0.4 is 28.4 Å². The number of ether oxygens (including phenoxy) is 8. The van der Waals surface area contributed by atoms with Crippen LogP contribution in [-0.4, -0.2) is 78.3 Å². The minimum absolute atomic E-state index is 0.117. The fourth-order valence-electron chi connectivity index (χ4n) is 3.40. The van der Waals surface area contributed by atoms with Gasteiger partial charge in [0.2, 0.25) is 11.5 Å². The van der Waals surface area contributed by atoms with Crippen molar-refractivity contribution in [2.24, 2.45) is 0 Å². The molecule has 0 saturated carbocycles. The van der Waals surface area contributed by atoms with E-state index in [9.17, 15) is 10.2 Å². The molecule has 2 aromatic carbocycles. The van der Waals surface area contributed by atoms with Crippen LogP contribution in [0.4, 0.5) is 0 Å². The van der Waals surface area contributed by atoms with Crippen molar-refractivity contribution >= 4 is 0 Å². The zero-order valence-corrected chi connectivity index (χ0v) is 20.5. The number of hydrogen-bond donors (Lipinski definition) is 2. The van der Waals surface area contributed by atoms with Crippen molar-refractivity contribution in [3.8, 4) is 34.5 Å². The molecule has 0 saturated heterocycles. The monoisotopic (exact) mass is 482 g/mol. The van der Waals surface area contributed by atoms with Crippen molar-refractivity contribution < 1.29 is 48.1 Å². The zero-order chi connectivity index (χ0) is 25.1. The number of benzene rings is 2. The molecule has 2 N–H and O–H groups in total. The molecule has 0 aliphatic heterocycles. The molecule has 0 aliphatic carbocycles. The van der Waals surface area contributed by atoms with Crippen molar-refractivity contribution in [1.82, 2.24) is 0 Å². The minimum Gasteiger partial charge on any atom is -0.493 e. The smallest absolute Gasteiger partial charge is 0.203 e. The standard InChI is InChI=1S/C24H34O10/c1-27-17-7-15(8-18(28-2)23(17)31-5)13-33-21(11-25)22(12-26)34-14-16-9-19(29-3)24(32-6)20(10-16)30-4/h7-10,21-22,25-26H,11-14H2,1-6H3/t21-,22-/m1/s1. The van der Waals surface area contributed by atoms with Crippen LogP contribution in [0.5, 0.6) is 34.5 Å². The van der Waals surface area contributed by atoms with Gasteiger partial charge in [-0.2, -0.15) is 0 Å². The third-order valence-electron chi connectivity index (χ3n) is 5.15. The second-order valence-corrected chi connectivity index (χ2v) is 7.13. The van der Waals surface area contributed by atoms with Gasteiger partial charge in [0.1, 0.15) is 12.2 Å². The molecule has 2 rings (SSSR count). The summed E-state index contributed by atoms with van der Waals surface area (Å²) in [7, 11) is 9.15. The molecule has 34 heavy (non-hydrogen) atoms. The predicted octanol–water partition coefficient (Wildman–Crippen LogP) is 2.19. The van der Waals surface area contributed by atoms with Crippen LogP contribution in [0.25, 0.3) is 0 Å². The highest BCUT2D eigenvalue weighted by molar-refractivity contribution is 5.54. The van der Waals surface area contributed by atoms with Gasteiger partial charge in [0.15, 0.2) is 23.0 Å². The van der Waals surface area contributed by atoms with Gasteiger partial charge in [-0.15, -0.1) is 0 Å². The Morgan fingerprint density at radius 3 is 1.03 bits per heavy atom. The largest absolute Gasteiger partial charge is 0.493 e. The molecule has 190 valence electrons. The Morgan fingerprint density at radius 2 is 0.824 bits per heavy atom. The fourth-order valence-corrected chi connectivity index (χ4v) is 3.40. The summed E-state index contributed by atoms with van der Waals surface area (Å²) in [6, 6.07) is 7.00. The fraction of sp³-hybridized carbons (Fsp3) is 0.500. The van der Waals surface area contributed by atoms with E-state index in [-0.39, 0.29) is 26.4 Å². The van der Waals surface area contributed by atoms with Crippen molar-refractivity contribution in [3.63, 3.8) is 0 Å². The lowest BCUT2D eigenvalue weighted by Gasteiger charge is -2.25. The van der Waals surface area contributed by atoms with Crippen molar-refractivity contribution in [2.75, 3.05) is 55.9 Å². The molecule has 0 aromatic heterocycles. The van der Waals surface area contributed by atoms with Crippen molar-refractivity contribution in [1.29, 1.82) is 0 Å². The summed E-state index contributed by atoms with van der Waals surface area (Å²) in [5, 5.41) is 19.8. The number of aliphatic hydroxyl groups is 2. The van der Waals surface area contributed by atoms with Gasteiger partial charge in [0, 0.05) is 0 Å². The first-order valence-corrected chi connectivity index (χ1v) is 10.5. The van der Waals surface area contributed by atoms with Gasteiger partial charge in [-0.1, -0.05) is 0 Å². The Bertz CT molecular complexity index is 778. The maximum Gasteiger partial charge on any atom is 0.203 e. The van der Waals surface area contributed by atoms with E-state index < -0.39 is 12.2 Å². The Morgan fingerprint density at radius 1 is 0.529 bits per heavy atom. The Kier molecular flexibility index (Phi) is 11.0. The van der Waals surface area contributed by atoms with Crippen LogP contribution >= 0.6 is 0 Å². The number of hydrogen-bond acceptors (Lipinski definition) is 10. The van der Waals surface area contributed by atoms with E-state index in [2.05, 4.69) is 0 Å². The first kappa shape index (κ1) is 27.3. The second kappa shape index (κ2) is 13.7. The highest BCUT2D eigenvalue weighted by Gasteiger charge is 2.24. The highest BCUT2D eigenvalue weighted by atomic mass is 16.6. The average molecular weight is 483 g/mol. The van der Waals surface area contributed by atoms with E-state index in [0.717, 1.165) is 11.1 Å². The van der Waals surface area contributed by atoms with Crippen LogP contribution in [0, 0.1) is 0 Å². The Balaban J connectivity index is 2.11. The van der Waals surface area contributed by atoms with E-state index in [1.54, 1.807) is 24.3 Å². The molecule has 0 fully saturated rings. The van der Waals surface area contributed by atoms with Gasteiger partial charge >= 0.3 is 0 Å². The van der Waals surface area contributed by atoms with Gasteiger partial charge in [-0.05, 0) is 35.4 Å². The Hall–Kier alpha value is -2.92. The van der Waals surface area contributed by atoms with Crippen LogP contribution in [0.1, 0.15) is 11.1 Å². The predicted molar refractivity (Wildman–Crippen MR) is 124 cm³/mol. The molecule has 10 nitrogen and oxygen atoms in total. The first-order valence-electron chi connectivity index (χ1n) is 10.5. The maximum atomic E-state index is 9.88. The second-order valence-electron chi connectivity index (χ2n) is 7.13. The SMILES string of the molecule is COc1cc(CO[C@H](CO)[C@@H](CO)OCc2cc(OC)c(OC)c(OC)c2)cc(OC)c1OC. The van der Waals surface area contributed by atoms with E-state index in [1.165, 1.54) is 42.7 Å². The average Bonchev–Trinajstić information content (AvgIpc) is 2.88. The minimum atomic E-state index is -0.786. The quantitative estimate of drug-likeness (QED) is 0.392. The zero-order valence-electron chi connectivity index (χ0n) is 20.5. The highest BCUT2D eigenvalue weighted by Crippen LogP contribution is 2.39. The topological polar surface area (TPSA) is 114 Å². The van der Waals surface area contributed by atoms with Gasteiger partial charge in [0.25, 0.3) is 0 Å². The summed E-state index contributed by atoms with van der Waals surface area (Å²) in [5.74, 6) is 2.87. The summed E-state index contributed by atoms with van der Waals surface area (Å²) in [5.41, 5.74) is 1.46. The summed E-state index contributed by atoms with van der Waals surface area (Å²) in [4.78, 5) is 0. The van der Waals surface area contributed by atoms with E-state index in [0.29, 0.717) is 34.5 Å². The lowest BCUT2D eigenvalue weighted by atomic mass is 10.1. The normalized spacial score (nSPS) is 12.6. The molecule has 10 heteroatoms. The van der Waals surface area contributed by atoms with E-state index in [1.807, 2.05) is 0 Å². The Labute approximate surface area is 199 Å². The molecule has 0 bridgehead atoms. The summed E-state index contributed by atoms with van der Waals surface area (Å²) >= 11 is 0. The molecule has 0 heterocycles. The van der Waals surface area contributed by atoms with Gasteiger partial charge in [0.05, 0.1) is 69.1 Å². The molecule has 0 aliphatic rings. The molecule has 0 amide bonds. The molecule has 2 aromatic rings. The van der Waals surface area contributed by atoms with Gasteiger partial charge < -0.3 is 48.1 Å². The number of aliphatic hydroxyl groups excluding tert-OH is 2. The molecular formula is C24H34O10. The molecule has 0 radical (unpaired) electrons. The van der Waals surface area contributed by atoms with E-state index >= 15 is 0 Å². The lowest BCUT2D eigenvalue weighted by Crippen LogP contribution is -2.37. The van der Waals surface area contributed by atoms with Crippen LogP contribution in [0.2, 0.25) is 0 Å². The van der Waals surface area contributed by atoms with Gasteiger partial charge in [-0.3, -0.25) is 0 Å². The van der Waals surface area contributed by atoms with Crippen LogP contribution in [0.15, 0.2) is 24.3 Å². The van der Waals surface area contributed by atoms with Gasteiger partial charge in [-0.25, -0.2) is 0 Å². The molecule has 0 spiro atoms. The summed E-state index contributed by atoms with van der Waals surface area (Å²) in [6.07, 6.45) is -1.57. The maximum absolute atomic E-state index is 9.88. The van der Waals surface area contributed by atoms with Crippen LogP contribution in [-0.2, 0) is 22.7 Å². The third-order valence-corrected chi connectivity index (χ3v) is 5.15. The molecule has 2 atom stereocenters. The summed E-state index contributed by atoms with van der Waals surface area (Å²) in [6.45, 7) is -0.478. The lowest BCUT2D eigenvalue weighted by molar-refractivity contribution is -0.119. The molecular weight excluding hydrogens is 448 g/mol. The summed E-state index contributed by atoms with van der Waals surface area (Å²) < 4.78 is 43.8. The van der Waals surface area contributed by atoms with Crippen LogP contribution in [0.3, 0.4) is 0 Å². The van der Waals surface area contributed by atoms with E-state index in [4.69, 9.17) is 37.9 Å². The number of methoxy groups -OCH3 is 6. The number of rotatable bonds is 15. The van der Waals surface area contributed by atoms with Crippen molar-refractivity contribution in [2.45, 2.75) is 25.4 Å². The first-order chi connectivity index (χ1) is 16.5. The molecule has 0 unspecified atom stereocenters.